The second-order valence-corrected chi connectivity index (χ2v) is 8.59. The summed E-state index contributed by atoms with van der Waals surface area (Å²) in [7, 11) is 3.22. The van der Waals surface area contributed by atoms with Crippen molar-refractivity contribution in [3.05, 3.63) is 83.0 Å². The number of aryl methyl sites for hydroxylation is 1. The minimum atomic E-state index is -0.677. The number of methoxy groups -OCH3 is 1. The largest absolute Gasteiger partial charge is 0.494 e. The Balaban J connectivity index is 1.44. The molecular weight excluding hydrogens is 472 g/mol. The number of aromatic amines is 1. The van der Waals surface area contributed by atoms with Gasteiger partial charge in [-0.1, -0.05) is 30.3 Å². The molecule has 1 aliphatic rings. The molecule has 11 heteroatoms. The Morgan fingerprint density at radius 3 is 2.62 bits per heavy atom. The Labute approximate surface area is 212 Å². The predicted octanol–water partition coefficient (Wildman–Crippen LogP) is 3.05. The third kappa shape index (κ3) is 4.23. The third-order valence-electron chi connectivity index (χ3n) is 6.32. The van der Waals surface area contributed by atoms with Crippen LogP contribution in [-0.4, -0.2) is 73.7 Å². The highest BCUT2D eigenvalue weighted by atomic mass is 16.5. The van der Waals surface area contributed by atoms with Gasteiger partial charge in [-0.3, -0.25) is 14.6 Å². The van der Waals surface area contributed by atoms with E-state index in [2.05, 4.69) is 24.9 Å². The molecule has 0 aliphatic carbocycles. The molecule has 186 valence electrons. The van der Waals surface area contributed by atoms with Gasteiger partial charge in [-0.2, -0.15) is 5.10 Å². The van der Waals surface area contributed by atoms with E-state index in [1.54, 1.807) is 19.0 Å². The number of pyridine rings is 1. The van der Waals surface area contributed by atoms with Gasteiger partial charge in [0, 0.05) is 26.3 Å². The van der Waals surface area contributed by atoms with E-state index in [1.807, 2.05) is 30.3 Å². The maximum absolute atomic E-state index is 13.5. The molecule has 1 aromatic carbocycles. The number of aromatic nitrogens is 5. The summed E-state index contributed by atoms with van der Waals surface area (Å²) in [5, 5.41) is 7.85. The molecule has 11 nitrogen and oxygen atoms in total. The minimum Gasteiger partial charge on any atom is -0.494 e. The highest BCUT2D eigenvalue weighted by Crippen LogP contribution is 2.32. The summed E-state index contributed by atoms with van der Waals surface area (Å²) in [4.78, 5) is 42.2. The molecule has 1 N–H and O–H groups in total. The molecule has 1 fully saturated rings. The Kier molecular flexibility index (Phi) is 6.25. The molecule has 1 saturated heterocycles. The van der Waals surface area contributed by atoms with Gasteiger partial charge in [-0.05, 0) is 24.5 Å². The van der Waals surface area contributed by atoms with Crippen LogP contribution in [-0.2, 0) is 4.79 Å². The van der Waals surface area contributed by atoms with E-state index >= 15 is 0 Å². The highest BCUT2D eigenvalue weighted by Gasteiger charge is 2.33. The monoisotopic (exact) mass is 496 g/mol. The number of nitrogens with one attached hydrogen (secondary N) is 1. The van der Waals surface area contributed by atoms with Crippen LogP contribution in [0.25, 0.3) is 27.3 Å². The lowest BCUT2D eigenvalue weighted by molar-refractivity contribution is -0.142. The molecule has 4 heterocycles. The Morgan fingerprint density at radius 1 is 1.19 bits per heavy atom. The van der Waals surface area contributed by atoms with Gasteiger partial charge in [0.15, 0.2) is 11.5 Å². The first kappa shape index (κ1) is 23.9. The number of nitrogens with zero attached hydrogens (tertiary/aromatic N) is 7. The van der Waals surface area contributed by atoms with Crippen LogP contribution in [0.3, 0.4) is 0 Å². The number of rotatable bonds is 5. The van der Waals surface area contributed by atoms with Crippen molar-refractivity contribution in [3.8, 4) is 11.6 Å². The maximum Gasteiger partial charge on any atom is 0.309 e. The first-order valence-corrected chi connectivity index (χ1v) is 11.6. The number of hydrogen-bond acceptors (Lipinski definition) is 7. The molecular formula is C26H24N8O3. The van der Waals surface area contributed by atoms with Crippen LogP contribution in [0.15, 0.2) is 54.6 Å². The lowest BCUT2D eigenvalue weighted by Gasteiger charge is -2.37. The number of hydrazine groups is 1. The molecule has 0 radical (unpaired) electrons. The zero-order valence-electron chi connectivity index (χ0n) is 20.6. The van der Waals surface area contributed by atoms with E-state index in [0.717, 1.165) is 11.1 Å². The fraction of sp³-hybridized carbons (Fsp3) is 0.231. The number of carbonyl (C=O) groups is 2. The van der Waals surface area contributed by atoms with Crippen LogP contribution in [0.4, 0.5) is 0 Å². The number of hydrogen-bond donors (Lipinski definition) is 1. The van der Waals surface area contributed by atoms with Crippen molar-refractivity contribution in [1.82, 2.24) is 34.8 Å². The van der Waals surface area contributed by atoms with Gasteiger partial charge >= 0.3 is 5.91 Å². The van der Waals surface area contributed by atoms with Gasteiger partial charge in [0.1, 0.15) is 17.9 Å². The zero-order chi connectivity index (χ0) is 26.1. The second kappa shape index (κ2) is 9.67. The van der Waals surface area contributed by atoms with Crippen LogP contribution in [0.2, 0.25) is 0 Å². The quantitative estimate of drug-likeness (QED) is 0.257. The van der Waals surface area contributed by atoms with Crippen molar-refractivity contribution in [2.24, 2.45) is 0 Å². The molecule has 0 unspecified atom stereocenters. The van der Waals surface area contributed by atoms with E-state index < -0.39 is 11.7 Å². The molecule has 0 spiro atoms. The molecule has 0 bridgehead atoms. The standard InChI is InChI=1S/C26H24N8O3/c1-16-30-15-33(31-16)25-23-21(20(37-4)13-29-25)19(12-28-23)24(35)26(36)34-11-10-18(14-32(34)3)22(27-2)17-8-6-5-7-9-17/h5-9,12-13,15,28H,10-11,14H2,1,3-4H3/b22-18+. The summed E-state index contributed by atoms with van der Waals surface area (Å²) in [6.45, 7) is 10.1. The summed E-state index contributed by atoms with van der Waals surface area (Å²) in [6, 6.07) is 9.48. The van der Waals surface area contributed by atoms with Crippen LogP contribution in [0.5, 0.6) is 5.75 Å². The minimum absolute atomic E-state index is 0.179. The number of ether oxygens (including phenoxy) is 1. The number of likely N-dealkylation sites (N-methyl/N-ethyl adjacent to an activating group) is 1. The fourth-order valence-corrected chi connectivity index (χ4v) is 4.54. The zero-order valence-corrected chi connectivity index (χ0v) is 20.6. The van der Waals surface area contributed by atoms with Crippen LogP contribution < -0.4 is 4.74 Å². The van der Waals surface area contributed by atoms with Crippen LogP contribution in [0.1, 0.15) is 28.2 Å². The Hall–Kier alpha value is -4.82. The smallest absolute Gasteiger partial charge is 0.309 e. The summed E-state index contributed by atoms with van der Waals surface area (Å²) >= 11 is 0. The molecule has 37 heavy (non-hydrogen) atoms. The van der Waals surface area contributed by atoms with E-state index in [9.17, 15) is 9.59 Å². The van der Waals surface area contributed by atoms with E-state index in [0.29, 0.717) is 47.0 Å². The van der Waals surface area contributed by atoms with Crippen molar-refractivity contribution in [2.45, 2.75) is 13.3 Å². The summed E-state index contributed by atoms with van der Waals surface area (Å²) < 4.78 is 6.96. The predicted molar refractivity (Wildman–Crippen MR) is 136 cm³/mol. The van der Waals surface area contributed by atoms with Crippen molar-refractivity contribution in [2.75, 3.05) is 27.2 Å². The summed E-state index contributed by atoms with van der Waals surface area (Å²) in [5.74, 6) is 0.0156. The highest BCUT2D eigenvalue weighted by molar-refractivity contribution is 6.45. The summed E-state index contributed by atoms with van der Waals surface area (Å²) in [6.07, 6.45) is 5.00. The van der Waals surface area contributed by atoms with Gasteiger partial charge in [0.25, 0.3) is 5.78 Å². The van der Waals surface area contributed by atoms with Gasteiger partial charge < -0.3 is 9.72 Å². The normalized spacial score (nSPS) is 15.5. The van der Waals surface area contributed by atoms with Crippen molar-refractivity contribution >= 4 is 28.3 Å². The number of benzene rings is 1. The lowest BCUT2D eigenvalue weighted by Crippen LogP contribution is -2.51. The average Bonchev–Trinajstić information content (AvgIpc) is 3.55. The summed E-state index contributed by atoms with van der Waals surface area (Å²) in [5.41, 5.74) is 3.03. The van der Waals surface area contributed by atoms with Crippen LogP contribution >= 0.6 is 0 Å². The number of ketones is 1. The molecule has 0 saturated carbocycles. The molecule has 0 atom stereocenters. The van der Waals surface area contributed by atoms with Crippen molar-refractivity contribution < 1.29 is 14.3 Å². The van der Waals surface area contributed by atoms with Gasteiger partial charge in [-0.15, -0.1) is 0 Å². The molecule has 1 amide bonds. The molecule has 4 aromatic rings. The second-order valence-electron chi connectivity index (χ2n) is 8.59. The van der Waals surface area contributed by atoms with Crippen molar-refractivity contribution in [3.63, 3.8) is 0 Å². The lowest BCUT2D eigenvalue weighted by atomic mass is 10.0. The average molecular weight is 497 g/mol. The molecule has 1 aliphatic heterocycles. The number of H-pyrrole nitrogens is 1. The molecule has 3 aromatic heterocycles. The number of amides is 1. The third-order valence-corrected chi connectivity index (χ3v) is 6.32. The fourth-order valence-electron chi connectivity index (χ4n) is 4.54. The van der Waals surface area contributed by atoms with Crippen LogP contribution in [0, 0.1) is 13.5 Å². The first-order valence-electron chi connectivity index (χ1n) is 11.6. The SMILES string of the molecule is [C-]#[N+]/C(=C1\CCN(C(=O)C(=O)c2c[nH]c3c(-n4cnc(C)n4)ncc(OC)c23)N(C)C1)c1ccccc1. The van der Waals surface area contributed by atoms with Crippen molar-refractivity contribution in [1.29, 1.82) is 0 Å². The van der Waals surface area contributed by atoms with Gasteiger partial charge in [0.05, 0.1) is 36.3 Å². The number of Topliss-reactive ketones (excluding diaryl/α,β-unsaturated/α-hetero) is 1. The Bertz CT molecular complexity index is 1580. The number of fused-ring (bicyclic) bond motifs is 1. The molecule has 5 rings (SSSR count). The maximum atomic E-state index is 13.5. The first-order chi connectivity index (χ1) is 17.9. The van der Waals surface area contributed by atoms with E-state index in [1.165, 1.54) is 35.5 Å². The van der Waals surface area contributed by atoms with E-state index in [4.69, 9.17) is 11.3 Å². The van der Waals surface area contributed by atoms with Gasteiger partial charge in [0.2, 0.25) is 0 Å². The van der Waals surface area contributed by atoms with Gasteiger partial charge in [-0.25, -0.2) is 24.5 Å². The Morgan fingerprint density at radius 2 is 1.97 bits per heavy atom. The topological polar surface area (TPSA) is 114 Å². The van der Waals surface area contributed by atoms with E-state index in [-0.39, 0.29) is 12.1 Å². The number of carbonyl (C=O) groups excluding carboxylic acids is 2.